The molecule has 1 saturated heterocycles. The molecule has 1 aromatic carbocycles. The van der Waals surface area contributed by atoms with Crippen LogP contribution in [0.15, 0.2) is 60.8 Å². The van der Waals surface area contributed by atoms with E-state index in [9.17, 15) is 4.79 Å². The highest BCUT2D eigenvalue weighted by atomic mass is 16.1. The molecule has 6 heteroatoms. The number of carbonyl (C=O) groups excluding carboxylic acids is 1. The fourth-order valence-electron chi connectivity index (χ4n) is 3.83. The Kier molecular flexibility index (Phi) is 6.05. The van der Waals surface area contributed by atoms with Crippen LogP contribution in [0, 0.1) is 6.92 Å². The van der Waals surface area contributed by atoms with Crippen molar-refractivity contribution in [2.24, 2.45) is 0 Å². The molecule has 0 unspecified atom stereocenters. The van der Waals surface area contributed by atoms with Crippen molar-refractivity contribution in [3.8, 4) is 0 Å². The molecule has 2 aromatic heterocycles. The largest absolute Gasteiger partial charge is 0.383 e. The fourth-order valence-corrected chi connectivity index (χ4v) is 3.83. The molecule has 1 aliphatic heterocycles. The molecule has 6 nitrogen and oxygen atoms in total. The van der Waals surface area contributed by atoms with Crippen molar-refractivity contribution < 1.29 is 4.79 Å². The van der Waals surface area contributed by atoms with Crippen molar-refractivity contribution in [2.75, 3.05) is 36.8 Å². The number of nitrogen functional groups attached to an aromatic ring is 1. The number of rotatable bonds is 5. The number of benzene rings is 1. The Morgan fingerprint density at radius 2 is 1.87 bits per heavy atom. The van der Waals surface area contributed by atoms with Gasteiger partial charge in [-0.15, -0.1) is 0 Å². The average Bonchev–Trinajstić information content (AvgIpc) is 3.01. The predicted molar refractivity (Wildman–Crippen MR) is 120 cm³/mol. The zero-order valence-corrected chi connectivity index (χ0v) is 17.3. The summed E-state index contributed by atoms with van der Waals surface area (Å²) < 4.78 is 0. The molecule has 30 heavy (non-hydrogen) atoms. The molecule has 3 heterocycles. The van der Waals surface area contributed by atoms with Crippen molar-refractivity contribution in [1.29, 1.82) is 0 Å². The van der Waals surface area contributed by atoms with E-state index in [-0.39, 0.29) is 11.6 Å². The third-order valence-corrected chi connectivity index (χ3v) is 5.43. The molecule has 4 rings (SSSR count). The first-order valence-corrected chi connectivity index (χ1v) is 10.4. The summed E-state index contributed by atoms with van der Waals surface area (Å²) in [5, 5.41) is 0. The van der Waals surface area contributed by atoms with Crippen LogP contribution in [-0.2, 0) is 6.54 Å². The van der Waals surface area contributed by atoms with Gasteiger partial charge in [0.25, 0.3) is 0 Å². The van der Waals surface area contributed by atoms with E-state index in [2.05, 4.69) is 44.0 Å². The molecule has 0 bridgehead atoms. The SMILES string of the molecule is Cc1cnc(N)c(C(=O)c2cccc(N3CCCN(Cc4ccccc4)CC3)n2)c1. The topological polar surface area (TPSA) is 75.3 Å². The number of pyridine rings is 2. The summed E-state index contributed by atoms with van der Waals surface area (Å²) >= 11 is 0. The Morgan fingerprint density at radius 3 is 2.70 bits per heavy atom. The van der Waals surface area contributed by atoms with Gasteiger partial charge in [0.1, 0.15) is 17.3 Å². The zero-order chi connectivity index (χ0) is 20.9. The molecule has 0 saturated carbocycles. The number of hydrogen-bond acceptors (Lipinski definition) is 6. The highest BCUT2D eigenvalue weighted by molar-refractivity contribution is 6.10. The van der Waals surface area contributed by atoms with Gasteiger partial charge < -0.3 is 10.6 Å². The molecule has 0 radical (unpaired) electrons. The molecular formula is C24H27N5O. The fraction of sp³-hybridized carbons (Fsp3) is 0.292. The van der Waals surface area contributed by atoms with Gasteiger partial charge in [0.2, 0.25) is 5.78 Å². The van der Waals surface area contributed by atoms with Gasteiger partial charge in [-0.1, -0.05) is 36.4 Å². The van der Waals surface area contributed by atoms with Gasteiger partial charge in [-0.2, -0.15) is 0 Å². The molecule has 0 amide bonds. The number of nitrogens with zero attached hydrogens (tertiary/aromatic N) is 4. The monoisotopic (exact) mass is 401 g/mol. The van der Waals surface area contributed by atoms with E-state index in [4.69, 9.17) is 5.73 Å². The minimum atomic E-state index is -0.189. The summed E-state index contributed by atoms with van der Waals surface area (Å²) in [4.78, 5) is 26.5. The van der Waals surface area contributed by atoms with E-state index >= 15 is 0 Å². The first-order valence-electron chi connectivity index (χ1n) is 10.4. The summed E-state index contributed by atoms with van der Waals surface area (Å²) in [5.74, 6) is 0.886. The summed E-state index contributed by atoms with van der Waals surface area (Å²) in [5.41, 5.74) is 8.97. The summed E-state index contributed by atoms with van der Waals surface area (Å²) in [6, 6.07) is 17.9. The average molecular weight is 402 g/mol. The molecule has 1 fully saturated rings. The minimum Gasteiger partial charge on any atom is -0.383 e. The molecule has 154 valence electrons. The highest BCUT2D eigenvalue weighted by Crippen LogP contribution is 2.19. The number of nitrogens with two attached hydrogens (primary N) is 1. The second kappa shape index (κ2) is 9.05. The molecule has 2 N–H and O–H groups in total. The van der Waals surface area contributed by atoms with Gasteiger partial charge in [0.15, 0.2) is 0 Å². The maximum absolute atomic E-state index is 13.0. The number of anilines is 2. The highest BCUT2D eigenvalue weighted by Gasteiger charge is 2.19. The van der Waals surface area contributed by atoms with Gasteiger partial charge in [-0.25, -0.2) is 9.97 Å². The normalized spacial score (nSPS) is 15.0. The van der Waals surface area contributed by atoms with E-state index in [1.165, 1.54) is 5.56 Å². The van der Waals surface area contributed by atoms with Gasteiger partial charge in [0.05, 0.1) is 5.56 Å². The standard InChI is InChI=1S/C24H27N5O/c1-18-15-20(24(25)26-16-18)23(30)21-9-5-10-22(27-21)29-12-6-11-28(13-14-29)17-19-7-3-2-4-8-19/h2-5,7-10,15-16H,6,11-14,17H2,1H3,(H2,25,26). The smallest absolute Gasteiger partial charge is 0.215 e. The lowest BCUT2D eigenvalue weighted by molar-refractivity contribution is 0.103. The molecule has 0 atom stereocenters. The third-order valence-electron chi connectivity index (χ3n) is 5.43. The maximum Gasteiger partial charge on any atom is 0.215 e. The van der Waals surface area contributed by atoms with Gasteiger partial charge >= 0.3 is 0 Å². The van der Waals surface area contributed by atoms with Crippen molar-refractivity contribution in [1.82, 2.24) is 14.9 Å². The molecule has 0 aliphatic carbocycles. The predicted octanol–water partition coefficient (Wildman–Crippen LogP) is 3.31. The Labute approximate surface area is 177 Å². The minimum absolute atomic E-state index is 0.189. The van der Waals surface area contributed by atoms with E-state index in [0.29, 0.717) is 11.3 Å². The lowest BCUT2D eigenvalue weighted by atomic mass is 10.1. The van der Waals surface area contributed by atoms with Crippen molar-refractivity contribution in [3.05, 3.63) is 83.2 Å². The summed E-state index contributed by atoms with van der Waals surface area (Å²) in [7, 11) is 0. The Balaban J connectivity index is 1.47. The van der Waals surface area contributed by atoms with Crippen LogP contribution in [0.3, 0.4) is 0 Å². The first kappa shape index (κ1) is 20.0. The Hall–Kier alpha value is -3.25. The van der Waals surface area contributed by atoms with Crippen LogP contribution < -0.4 is 10.6 Å². The van der Waals surface area contributed by atoms with Crippen LogP contribution in [-0.4, -0.2) is 46.8 Å². The Bertz CT molecular complexity index is 1020. The molecule has 3 aromatic rings. The lowest BCUT2D eigenvalue weighted by Crippen LogP contribution is -2.31. The van der Waals surface area contributed by atoms with Gasteiger partial charge in [-0.3, -0.25) is 9.69 Å². The van der Waals surface area contributed by atoms with E-state index in [1.807, 2.05) is 25.1 Å². The number of aromatic nitrogens is 2. The van der Waals surface area contributed by atoms with Crippen LogP contribution in [0.1, 0.15) is 33.6 Å². The van der Waals surface area contributed by atoms with Crippen LogP contribution in [0.5, 0.6) is 0 Å². The second-order valence-corrected chi connectivity index (χ2v) is 7.76. The van der Waals surface area contributed by atoms with Gasteiger partial charge in [0, 0.05) is 38.9 Å². The van der Waals surface area contributed by atoms with Crippen LogP contribution in [0.2, 0.25) is 0 Å². The second-order valence-electron chi connectivity index (χ2n) is 7.76. The number of ketones is 1. The van der Waals surface area contributed by atoms with Crippen molar-refractivity contribution in [3.63, 3.8) is 0 Å². The van der Waals surface area contributed by atoms with E-state index in [1.54, 1.807) is 18.3 Å². The molecule has 1 aliphatic rings. The molecule has 0 spiro atoms. The van der Waals surface area contributed by atoms with Crippen LogP contribution >= 0.6 is 0 Å². The maximum atomic E-state index is 13.0. The molecular weight excluding hydrogens is 374 g/mol. The number of hydrogen-bond donors (Lipinski definition) is 1. The van der Waals surface area contributed by atoms with Crippen molar-refractivity contribution in [2.45, 2.75) is 19.9 Å². The third kappa shape index (κ3) is 4.66. The Morgan fingerprint density at radius 1 is 1.03 bits per heavy atom. The van der Waals surface area contributed by atoms with E-state index in [0.717, 1.165) is 50.5 Å². The number of aryl methyl sites for hydroxylation is 1. The van der Waals surface area contributed by atoms with Gasteiger partial charge in [-0.05, 0) is 42.7 Å². The lowest BCUT2D eigenvalue weighted by Gasteiger charge is -2.23. The zero-order valence-electron chi connectivity index (χ0n) is 17.3. The summed E-state index contributed by atoms with van der Waals surface area (Å²) in [6.07, 6.45) is 2.72. The quantitative estimate of drug-likeness (QED) is 0.661. The van der Waals surface area contributed by atoms with Crippen molar-refractivity contribution >= 4 is 17.4 Å². The number of carbonyl (C=O) groups is 1. The summed E-state index contributed by atoms with van der Waals surface area (Å²) in [6.45, 7) is 6.67. The first-order chi connectivity index (χ1) is 14.6. The van der Waals surface area contributed by atoms with Crippen LogP contribution in [0.4, 0.5) is 11.6 Å². The van der Waals surface area contributed by atoms with E-state index < -0.39 is 0 Å². The van der Waals surface area contributed by atoms with Crippen LogP contribution in [0.25, 0.3) is 0 Å².